The third-order valence-corrected chi connectivity index (χ3v) is 3.97. The molecule has 0 aromatic heterocycles. The van der Waals surface area contributed by atoms with Gasteiger partial charge in [0.05, 0.1) is 5.92 Å². The van der Waals surface area contributed by atoms with E-state index in [1.165, 1.54) is 0 Å². The number of carbonyl (C=O) groups excluding carboxylic acids is 2. The summed E-state index contributed by atoms with van der Waals surface area (Å²) in [7, 11) is 0. The zero-order valence-corrected chi connectivity index (χ0v) is 16.0. The first-order valence-electron chi connectivity index (χ1n) is 8.41. The summed E-state index contributed by atoms with van der Waals surface area (Å²) in [6.07, 6.45) is 0. The lowest BCUT2D eigenvalue weighted by atomic mass is 9.94. The first-order valence-corrected chi connectivity index (χ1v) is 8.41. The minimum atomic E-state index is -0.383. The van der Waals surface area contributed by atoms with Crippen LogP contribution in [0.4, 0.5) is 5.69 Å². The highest BCUT2D eigenvalue weighted by molar-refractivity contribution is 5.96. The van der Waals surface area contributed by atoms with Crippen molar-refractivity contribution in [2.45, 2.75) is 32.9 Å². The fourth-order valence-corrected chi connectivity index (χ4v) is 2.43. The zero-order valence-electron chi connectivity index (χ0n) is 15.2. The molecular weight excluding hydrogens is 350 g/mol. The molecule has 26 heavy (non-hydrogen) atoms. The molecule has 5 nitrogen and oxygen atoms in total. The van der Waals surface area contributed by atoms with Gasteiger partial charge in [-0.15, -0.1) is 12.4 Å². The molecule has 2 amide bonds. The highest BCUT2D eigenvalue weighted by Crippen LogP contribution is 2.21. The topological polar surface area (TPSA) is 84.2 Å². The number of rotatable bonds is 6. The fraction of sp³-hybridized carbons (Fsp3) is 0.300. The van der Waals surface area contributed by atoms with Gasteiger partial charge in [-0.25, -0.2) is 0 Å². The molecule has 0 spiro atoms. The van der Waals surface area contributed by atoms with Gasteiger partial charge in [0.25, 0.3) is 5.91 Å². The molecule has 0 fully saturated rings. The number of hydrogen-bond acceptors (Lipinski definition) is 3. The lowest BCUT2D eigenvalue weighted by Crippen LogP contribution is -2.31. The number of benzene rings is 2. The van der Waals surface area contributed by atoms with Crippen molar-refractivity contribution in [2.24, 2.45) is 11.7 Å². The summed E-state index contributed by atoms with van der Waals surface area (Å²) in [5, 5.41) is 5.68. The van der Waals surface area contributed by atoms with Gasteiger partial charge in [-0.05, 0) is 43.7 Å². The number of carbonyl (C=O) groups is 2. The lowest BCUT2D eigenvalue weighted by molar-refractivity contribution is -0.120. The smallest absolute Gasteiger partial charge is 0.251 e. The third-order valence-electron chi connectivity index (χ3n) is 3.97. The molecule has 0 saturated carbocycles. The summed E-state index contributed by atoms with van der Waals surface area (Å²) in [5.74, 6) is -0.672. The van der Waals surface area contributed by atoms with E-state index in [0.29, 0.717) is 11.3 Å². The van der Waals surface area contributed by atoms with Crippen LogP contribution in [0, 0.1) is 5.92 Å². The second-order valence-electron chi connectivity index (χ2n) is 6.42. The predicted octanol–water partition coefficient (Wildman–Crippen LogP) is 3.52. The number of nitrogens with two attached hydrogens (primary N) is 1. The molecule has 140 valence electrons. The summed E-state index contributed by atoms with van der Waals surface area (Å²) in [5.41, 5.74) is 8.31. The molecule has 0 radical (unpaired) electrons. The molecule has 6 heteroatoms. The van der Waals surface area contributed by atoms with Crippen molar-refractivity contribution in [3.63, 3.8) is 0 Å². The van der Waals surface area contributed by atoms with Gasteiger partial charge in [-0.1, -0.05) is 37.3 Å². The van der Waals surface area contributed by atoms with Gasteiger partial charge in [-0.3, -0.25) is 9.59 Å². The van der Waals surface area contributed by atoms with Crippen LogP contribution in [0.1, 0.15) is 42.7 Å². The monoisotopic (exact) mass is 375 g/mol. The summed E-state index contributed by atoms with van der Waals surface area (Å²) < 4.78 is 0. The van der Waals surface area contributed by atoms with Crippen molar-refractivity contribution in [3.8, 4) is 0 Å². The lowest BCUT2D eigenvalue weighted by Gasteiger charge is -2.20. The maximum Gasteiger partial charge on any atom is 0.251 e. The fourth-order valence-electron chi connectivity index (χ4n) is 2.43. The van der Waals surface area contributed by atoms with E-state index in [-0.39, 0.29) is 42.2 Å². The van der Waals surface area contributed by atoms with Gasteiger partial charge >= 0.3 is 0 Å². The zero-order chi connectivity index (χ0) is 18.4. The van der Waals surface area contributed by atoms with Crippen molar-refractivity contribution in [3.05, 3.63) is 65.7 Å². The summed E-state index contributed by atoms with van der Waals surface area (Å²) in [6, 6.07) is 16.1. The number of anilines is 1. The SMILES string of the molecule is CC(C)NC(=O)c1ccc(NC(=O)C(C)C(N)c2ccccc2)cc1.Cl. The maximum absolute atomic E-state index is 12.4. The minimum Gasteiger partial charge on any atom is -0.350 e. The second kappa shape index (κ2) is 9.94. The number of hydrogen-bond donors (Lipinski definition) is 3. The molecule has 2 aromatic rings. The Hall–Kier alpha value is -2.37. The molecule has 0 aliphatic carbocycles. The highest BCUT2D eigenvalue weighted by Gasteiger charge is 2.22. The van der Waals surface area contributed by atoms with Crippen LogP contribution in [0.25, 0.3) is 0 Å². The van der Waals surface area contributed by atoms with E-state index in [2.05, 4.69) is 10.6 Å². The molecule has 2 rings (SSSR count). The maximum atomic E-state index is 12.4. The molecule has 2 aromatic carbocycles. The van der Waals surface area contributed by atoms with Crippen molar-refractivity contribution in [2.75, 3.05) is 5.32 Å². The van der Waals surface area contributed by atoms with E-state index in [0.717, 1.165) is 5.56 Å². The number of halogens is 1. The Kier molecular flexibility index (Phi) is 8.29. The van der Waals surface area contributed by atoms with Crippen molar-refractivity contribution >= 4 is 29.9 Å². The van der Waals surface area contributed by atoms with E-state index < -0.39 is 0 Å². The Balaban J connectivity index is 0.00000338. The first kappa shape index (κ1) is 21.7. The van der Waals surface area contributed by atoms with Crippen molar-refractivity contribution < 1.29 is 9.59 Å². The summed E-state index contributed by atoms with van der Waals surface area (Å²) >= 11 is 0. The van der Waals surface area contributed by atoms with Gasteiger partial charge in [0, 0.05) is 23.3 Å². The van der Waals surface area contributed by atoms with Gasteiger partial charge in [0.2, 0.25) is 5.91 Å². The molecule has 0 saturated heterocycles. The minimum absolute atomic E-state index is 0. The summed E-state index contributed by atoms with van der Waals surface area (Å²) in [4.78, 5) is 24.3. The van der Waals surface area contributed by atoms with Gasteiger partial charge in [0.1, 0.15) is 0 Å². The van der Waals surface area contributed by atoms with Crippen molar-refractivity contribution in [1.29, 1.82) is 0 Å². The van der Waals surface area contributed by atoms with Crippen LogP contribution >= 0.6 is 12.4 Å². The van der Waals surface area contributed by atoms with Gasteiger partial charge < -0.3 is 16.4 Å². The third kappa shape index (κ3) is 5.86. The van der Waals surface area contributed by atoms with Gasteiger partial charge in [0.15, 0.2) is 0 Å². The van der Waals surface area contributed by atoms with E-state index in [4.69, 9.17) is 5.73 Å². The molecule has 0 aliphatic rings. The molecule has 2 unspecified atom stereocenters. The normalized spacial score (nSPS) is 12.7. The van der Waals surface area contributed by atoms with Crippen LogP contribution in [-0.2, 0) is 4.79 Å². The van der Waals surface area contributed by atoms with E-state index in [1.807, 2.05) is 44.2 Å². The Morgan fingerprint density at radius 3 is 2.04 bits per heavy atom. The average Bonchev–Trinajstić information content (AvgIpc) is 2.61. The van der Waals surface area contributed by atoms with E-state index in [9.17, 15) is 9.59 Å². The quantitative estimate of drug-likeness (QED) is 0.722. The van der Waals surface area contributed by atoms with Crippen molar-refractivity contribution in [1.82, 2.24) is 5.32 Å². The van der Waals surface area contributed by atoms with Crippen LogP contribution in [0.3, 0.4) is 0 Å². The van der Waals surface area contributed by atoms with Crippen LogP contribution in [0.2, 0.25) is 0 Å². The molecular formula is C20H26ClN3O2. The predicted molar refractivity (Wildman–Crippen MR) is 107 cm³/mol. The van der Waals surface area contributed by atoms with Crippen LogP contribution in [-0.4, -0.2) is 17.9 Å². The van der Waals surface area contributed by atoms with E-state index in [1.54, 1.807) is 31.2 Å². The number of amides is 2. The van der Waals surface area contributed by atoms with E-state index >= 15 is 0 Å². The Morgan fingerprint density at radius 1 is 0.923 bits per heavy atom. The molecule has 0 aliphatic heterocycles. The van der Waals surface area contributed by atoms with Crippen LogP contribution in [0.5, 0.6) is 0 Å². The number of nitrogens with one attached hydrogen (secondary N) is 2. The standard InChI is InChI=1S/C20H25N3O2.ClH/c1-13(2)22-20(25)16-9-11-17(12-10-16)23-19(24)14(3)18(21)15-7-5-4-6-8-15;/h4-14,18H,21H2,1-3H3,(H,22,25)(H,23,24);1H. The average molecular weight is 376 g/mol. The first-order chi connectivity index (χ1) is 11.9. The Labute approximate surface area is 160 Å². The molecule has 0 heterocycles. The second-order valence-corrected chi connectivity index (χ2v) is 6.42. The highest BCUT2D eigenvalue weighted by atomic mass is 35.5. The Bertz CT molecular complexity index is 718. The van der Waals surface area contributed by atoms with Crippen LogP contribution < -0.4 is 16.4 Å². The largest absolute Gasteiger partial charge is 0.350 e. The molecule has 4 N–H and O–H groups in total. The van der Waals surface area contributed by atoms with Gasteiger partial charge in [-0.2, -0.15) is 0 Å². The molecule has 0 bridgehead atoms. The van der Waals surface area contributed by atoms with Crippen LogP contribution in [0.15, 0.2) is 54.6 Å². The molecule has 2 atom stereocenters. The Morgan fingerprint density at radius 2 is 1.50 bits per heavy atom. The summed E-state index contributed by atoms with van der Waals surface area (Å²) in [6.45, 7) is 5.62.